The molecular formula is C14H19BrN2O. The normalized spacial score (nSPS) is 16.9. The molecule has 1 fully saturated rings. The molecule has 1 amide bonds. The van der Waals surface area contributed by atoms with Crippen LogP contribution in [0.1, 0.15) is 24.8 Å². The zero-order chi connectivity index (χ0) is 13.0. The van der Waals surface area contributed by atoms with Crippen LogP contribution in [0, 0.1) is 0 Å². The number of amides is 1. The number of halogens is 1. The van der Waals surface area contributed by atoms with Crippen LogP contribution in [-0.2, 0) is 11.2 Å². The Hall–Kier alpha value is -0.870. The first-order chi connectivity index (χ1) is 8.65. The van der Waals surface area contributed by atoms with E-state index in [1.165, 1.54) is 5.56 Å². The highest BCUT2D eigenvalue weighted by molar-refractivity contribution is 9.10. The van der Waals surface area contributed by atoms with Crippen molar-refractivity contribution in [3.8, 4) is 0 Å². The number of carbonyl (C=O) groups is 1. The van der Waals surface area contributed by atoms with Gasteiger partial charge in [-0.15, -0.1) is 0 Å². The highest BCUT2D eigenvalue weighted by Crippen LogP contribution is 2.14. The summed E-state index contributed by atoms with van der Waals surface area (Å²) in [5, 5.41) is 0. The van der Waals surface area contributed by atoms with Crippen LogP contribution in [0.5, 0.6) is 0 Å². The van der Waals surface area contributed by atoms with Gasteiger partial charge in [0, 0.05) is 30.0 Å². The average molecular weight is 311 g/mol. The number of piperidine rings is 1. The molecule has 18 heavy (non-hydrogen) atoms. The largest absolute Gasteiger partial charge is 0.343 e. The molecule has 0 spiro atoms. The van der Waals surface area contributed by atoms with E-state index in [4.69, 9.17) is 5.73 Å². The Labute approximate surface area is 116 Å². The summed E-state index contributed by atoms with van der Waals surface area (Å²) in [6, 6.07) is 8.42. The van der Waals surface area contributed by atoms with Crippen molar-refractivity contribution in [1.82, 2.24) is 4.90 Å². The third-order valence-corrected chi connectivity index (χ3v) is 3.96. The minimum Gasteiger partial charge on any atom is -0.343 e. The van der Waals surface area contributed by atoms with Gasteiger partial charge in [0.25, 0.3) is 0 Å². The minimum atomic E-state index is 0.254. The van der Waals surface area contributed by atoms with Crippen LogP contribution in [0.25, 0.3) is 0 Å². The molecule has 0 atom stereocenters. The van der Waals surface area contributed by atoms with Crippen LogP contribution in [0.3, 0.4) is 0 Å². The Morgan fingerprint density at radius 2 is 1.89 bits per heavy atom. The van der Waals surface area contributed by atoms with Gasteiger partial charge in [0.05, 0.1) is 0 Å². The van der Waals surface area contributed by atoms with Crippen LogP contribution < -0.4 is 5.73 Å². The van der Waals surface area contributed by atoms with Crippen molar-refractivity contribution in [3.63, 3.8) is 0 Å². The molecule has 0 saturated carbocycles. The second kappa shape index (κ2) is 6.34. The van der Waals surface area contributed by atoms with E-state index < -0.39 is 0 Å². The van der Waals surface area contributed by atoms with E-state index in [-0.39, 0.29) is 11.9 Å². The maximum Gasteiger partial charge on any atom is 0.222 e. The van der Waals surface area contributed by atoms with Gasteiger partial charge >= 0.3 is 0 Å². The van der Waals surface area contributed by atoms with E-state index in [9.17, 15) is 4.79 Å². The lowest BCUT2D eigenvalue weighted by atomic mass is 10.0. The number of benzene rings is 1. The fourth-order valence-electron chi connectivity index (χ4n) is 2.21. The van der Waals surface area contributed by atoms with Gasteiger partial charge in [0.2, 0.25) is 5.91 Å². The minimum absolute atomic E-state index is 0.254. The summed E-state index contributed by atoms with van der Waals surface area (Å²) in [4.78, 5) is 14.0. The van der Waals surface area contributed by atoms with Crippen molar-refractivity contribution >= 4 is 21.8 Å². The molecule has 1 heterocycles. The lowest BCUT2D eigenvalue weighted by Gasteiger charge is -2.30. The van der Waals surface area contributed by atoms with E-state index in [2.05, 4.69) is 28.1 Å². The summed E-state index contributed by atoms with van der Waals surface area (Å²) in [5.74, 6) is 0.254. The van der Waals surface area contributed by atoms with Crippen molar-refractivity contribution in [3.05, 3.63) is 34.3 Å². The molecule has 1 aromatic carbocycles. The molecule has 2 N–H and O–H groups in total. The van der Waals surface area contributed by atoms with Gasteiger partial charge < -0.3 is 10.6 Å². The Bertz CT molecular complexity index is 397. The van der Waals surface area contributed by atoms with Crippen LogP contribution in [0.15, 0.2) is 28.7 Å². The number of aryl methyl sites for hydroxylation is 1. The number of hydrogen-bond donors (Lipinski definition) is 1. The molecule has 1 aromatic rings. The van der Waals surface area contributed by atoms with Crippen molar-refractivity contribution in [2.24, 2.45) is 5.73 Å². The zero-order valence-electron chi connectivity index (χ0n) is 10.4. The van der Waals surface area contributed by atoms with E-state index in [1.807, 2.05) is 17.0 Å². The van der Waals surface area contributed by atoms with Crippen LogP contribution in [0.4, 0.5) is 0 Å². The van der Waals surface area contributed by atoms with Crippen molar-refractivity contribution in [1.29, 1.82) is 0 Å². The van der Waals surface area contributed by atoms with Gasteiger partial charge in [-0.2, -0.15) is 0 Å². The Morgan fingerprint density at radius 3 is 2.50 bits per heavy atom. The quantitative estimate of drug-likeness (QED) is 0.931. The van der Waals surface area contributed by atoms with Gasteiger partial charge in [-0.1, -0.05) is 28.1 Å². The third-order valence-electron chi connectivity index (χ3n) is 3.43. The van der Waals surface area contributed by atoms with E-state index in [0.717, 1.165) is 36.8 Å². The Balaban J connectivity index is 1.79. The lowest BCUT2D eigenvalue weighted by molar-refractivity contribution is -0.132. The second-order valence-corrected chi connectivity index (χ2v) is 5.76. The molecular weight excluding hydrogens is 292 g/mol. The summed E-state index contributed by atoms with van der Waals surface area (Å²) in [5.41, 5.74) is 7.04. The number of nitrogens with zero attached hydrogens (tertiary/aromatic N) is 1. The third kappa shape index (κ3) is 3.82. The summed E-state index contributed by atoms with van der Waals surface area (Å²) in [6.45, 7) is 1.64. The Morgan fingerprint density at radius 1 is 1.28 bits per heavy atom. The summed E-state index contributed by atoms with van der Waals surface area (Å²) < 4.78 is 1.07. The maximum absolute atomic E-state index is 12.0. The van der Waals surface area contributed by atoms with Crippen molar-refractivity contribution in [2.75, 3.05) is 13.1 Å². The molecule has 0 aromatic heterocycles. The highest BCUT2D eigenvalue weighted by Gasteiger charge is 2.19. The number of hydrogen-bond acceptors (Lipinski definition) is 2. The SMILES string of the molecule is NC1CCN(C(=O)CCc2ccc(Br)cc2)CC1. The van der Waals surface area contributed by atoms with E-state index in [0.29, 0.717) is 6.42 Å². The number of likely N-dealkylation sites (tertiary alicyclic amines) is 1. The monoisotopic (exact) mass is 310 g/mol. The van der Waals surface area contributed by atoms with Crippen LogP contribution >= 0.6 is 15.9 Å². The smallest absolute Gasteiger partial charge is 0.222 e. The first-order valence-corrected chi connectivity index (χ1v) is 7.22. The van der Waals surface area contributed by atoms with Gasteiger partial charge in [0.1, 0.15) is 0 Å². The molecule has 0 unspecified atom stereocenters. The molecule has 0 radical (unpaired) electrons. The molecule has 1 aliphatic rings. The standard InChI is InChI=1S/C14H19BrN2O/c15-12-4-1-11(2-5-12)3-6-14(18)17-9-7-13(16)8-10-17/h1-2,4-5,13H,3,6-10,16H2. The molecule has 1 saturated heterocycles. The van der Waals surface area contributed by atoms with Crippen LogP contribution in [0.2, 0.25) is 0 Å². The van der Waals surface area contributed by atoms with Gasteiger partial charge in [-0.05, 0) is 37.0 Å². The second-order valence-electron chi connectivity index (χ2n) is 4.84. The summed E-state index contributed by atoms with van der Waals surface area (Å²) in [7, 11) is 0. The van der Waals surface area contributed by atoms with Gasteiger partial charge in [-0.25, -0.2) is 0 Å². The van der Waals surface area contributed by atoms with E-state index in [1.54, 1.807) is 0 Å². The summed E-state index contributed by atoms with van der Waals surface area (Å²) >= 11 is 3.41. The topological polar surface area (TPSA) is 46.3 Å². The van der Waals surface area contributed by atoms with Crippen LogP contribution in [-0.4, -0.2) is 29.9 Å². The van der Waals surface area contributed by atoms with E-state index >= 15 is 0 Å². The first kappa shape index (κ1) is 13.6. The van der Waals surface area contributed by atoms with Gasteiger partial charge in [0.15, 0.2) is 0 Å². The maximum atomic E-state index is 12.0. The number of rotatable bonds is 3. The average Bonchev–Trinajstić information content (AvgIpc) is 2.38. The predicted molar refractivity (Wildman–Crippen MR) is 76.3 cm³/mol. The first-order valence-electron chi connectivity index (χ1n) is 6.43. The fourth-order valence-corrected chi connectivity index (χ4v) is 2.47. The molecule has 98 valence electrons. The number of nitrogens with two attached hydrogens (primary N) is 1. The fraction of sp³-hybridized carbons (Fsp3) is 0.500. The zero-order valence-corrected chi connectivity index (χ0v) is 12.0. The molecule has 0 aliphatic carbocycles. The molecule has 3 nitrogen and oxygen atoms in total. The highest BCUT2D eigenvalue weighted by atomic mass is 79.9. The molecule has 1 aliphatic heterocycles. The Kier molecular flexibility index (Phi) is 4.78. The predicted octanol–water partition coefficient (Wildman–Crippen LogP) is 2.33. The van der Waals surface area contributed by atoms with Crippen molar-refractivity contribution < 1.29 is 4.79 Å². The van der Waals surface area contributed by atoms with Gasteiger partial charge in [-0.3, -0.25) is 4.79 Å². The lowest BCUT2D eigenvalue weighted by Crippen LogP contribution is -2.42. The molecule has 0 bridgehead atoms. The number of carbonyl (C=O) groups excluding carboxylic acids is 1. The molecule has 4 heteroatoms. The van der Waals surface area contributed by atoms with Crippen molar-refractivity contribution in [2.45, 2.75) is 31.7 Å². The summed E-state index contributed by atoms with van der Waals surface area (Å²) in [6.07, 6.45) is 3.28. The molecule has 2 rings (SSSR count).